The molecular formula is C18H21NO4. The molecule has 0 aliphatic heterocycles. The molecule has 0 saturated carbocycles. The summed E-state index contributed by atoms with van der Waals surface area (Å²) >= 11 is 0. The molecule has 1 aromatic carbocycles. The molecule has 0 fully saturated rings. The van der Waals surface area contributed by atoms with E-state index in [0.29, 0.717) is 18.7 Å². The van der Waals surface area contributed by atoms with E-state index in [1.807, 2.05) is 18.2 Å². The number of amides is 1. The van der Waals surface area contributed by atoms with E-state index in [1.165, 1.54) is 11.6 Å². The SMILES string of the molecule is CCc1oc(C(=O)N(C)CCCc2ccccc2)cc1C(=O)O. The van der Waals surface area contributed by atoms with Crippen molar-refractivity contribution in [3.63, 3.8) is 0 Å². The molecule has 5 heteroatoms. The molecule has 1 N–H and O–H groups in total. The summed E-state index contributed by atoms with van der Waals surface area (Å²) in [6.07, 6.45) is 2.16. The molecular weight excluding hydrogens is 294 g/mol. The molecule has 1 aromatic heterocycles. The number of furan rings is 1. The van der Waals surface area contributed by atoms with E-state index in [2.05, 4.69) is 12.1 Å². The molecule has 0 unspecified atom stereocenters. The lowest BCUT2D eigenvalue weighted by Gasteiger charge is -2.15. The van der Waals surface area contributed by atoms with Crippen LogP contribution in [-0.4, -0.2) is 35.5 Å². The summed E-state index contributed by atoms with van der Waals surface area (Å²) in [5.74, 6) is -0.948. The summed E-state index contributed by atoms with van der Waals surface area (Å²) in [6.45, 7) is 2.38. The van der Waals surface area contributed by atoms with Gasteiger partial charge in [0.25, 0.3) is 5.91 Å². The molecule has 5 nitrogen and oxygen atoms in total. The smallest absolute Gasteiger partial charge is 0.339 e. The maximum Gasteiger partial charge on any atom is 0.339 e. The average Bonchev–Trinajstić information content (AvgIpc) is 2.99. The van der Waals surface area contributed by atoms with E-state index in [9.17, 15) is 9.59 Å². The van der Waals surface area contributed by atoms with Crippen molar-refractivity contribution in [1.82, 2.24) is 4.90 Å². The number of carbonyl (C=O) groups is 2. The minimum atomic E-state index is -1.07. The van der Waals surface area contributed by atoms with E-state index in [4.69, 9.17) is 9.52 Å². The van der Waals surface area contributed by atoms with E-state index in [1.54, 1.807) is 18.9 Å². The Kier molecular flexibility index (Phi) is 5.57. The number of nitrogens with zero attached hydrogens (tertiary/aromatic N) is 1. The van der Waals surface area contributed by atoms with Crippen LogP contribution in [0.1, 0.15) is 45.6 Å². The molecule has 122 valence electrons. The number of hydrogen-bond acceptors (Lipinski definition) is 3. The molecule has 0 saturated heterocycles. The van der Waals surface area contributed by atoms with Crippen molar-refractivity contribution < 1.29 is 19.1 Å². The first kappa shape index (κ1) is 16.8. The fourth-order valence-electron chi connectivity index (χ4n) is 2.43. The van der Waals surface area contributed by atoms with Crippen LogP contribution in [0, 0.1) is 0 Å². The molecule has 0 aliphatic rings. The maximum absolute atomic E-state index is 12.3. The summed E-state index contributed by atoms with van der Waals surface area (Å²) < 4.78 is 5.40. The monoisotopic (exact) mass is 315 g/mol. The van der Waals surface area contributed by atoms with E-state index in [-0.39, 0.29) is 17.2 Å². The van der Waals surface area contributed by atoms with Crippen LogP contribution in [0.15, 0.2) is 40.8 Å². The molecule has 0 atom stereocenters. The third-order valence-electron chi connectivity index (χ3n) is 3.72. The van der Waals surface area contributed by atoms with E-state index in [0.717, 1.165) is 12.8 Å². The second-order valence-corrected chi connectivity index (χ2v) is 5.42. The quantitative estimate of drug-likeness (QED) is 0.851. The van der Waals surface area contributed by atoms with Crippen LogP contribution < -0.4 is 0 Å². The molecule has 0 aliphatic carbocycles. The van der Waals surface area contributed by atoms with Crippen molar-refractivity contribution in [2.24, 2.45) is 0 Å². The topological polar surface area (TPSA) is 70.8 Å². The van der Waals surface area contributed by atoms with Crippen molar-refractivity contribution in [3.8, 4) is 0 Å². The molecule has 0 spiro atoms. The number of aryl methyl sites for hydroxylation is 2. The third-order valence-corrected chi connectivity index (χ3v) is 3.72. The number of carboxylic acids is 1. The molecule has 2 rings (SSSR count). The number of aromatic carboxylic acids is 1. The number of carboxylic acid groups (broad SMARTS) is 1. The van der Waals surface area contributed by atoms with Gasteiger partial charge in [-0.2, -0.15) is 0 Å². The molecule has 1 amide bonds. The van der Waals surface area contributed by atoms with Gasteiger partial charge in [0.15, 0.2) is 5.76 Å². The van der Waals surface area contributed by atoms with Gasteiger partial charge < -0.3 is 14.4 Å². The van der Waals surface area contributed by atoms with E-state index < -0.39 is 5.97 Å². The average molecular weight is 315 g/mol. The Labute approximate surface area is 135 Å². The first-order chi connectivity index (χ1) is 11.0. The van der Waals surface area contributed by atoms with Crippen molar-refractivity contribution in [2.45, 2.75) is 26.2 Å². The summed E-state index contributed by atoms with van der Waals surface area (Å²) in [5, 5.41) is 9.11. The summed E-state index contributed by atoms with van der Waals surface area (Å²) in [7, 11) is 1.70. The Morgan fingerprint density at radius 3 is 2.48 bits per heavy atom. The lowest BCUT2D eigenvalue weighted by molar-refractivity contribution is 0.0693. The van der Waals surface area contributed by atoms with Crippen LogP contribution in [0.25, 0.3) is 0 Å². The van der Waals surface area contributed by atoms with Crippen LogP contribution in [0.5, 0.6) is 0 Å². The van der Waals surface area contributed by atoms with E-state index >= 15 is 0 Å². The van der Waals surface area contributed by atoms with Gasteiger partial charge in [-0.3, -0.25) is 4.79 Å². The Hall–Kier alpha value is -2.56. The first-order valence-electron chi connectivity index (χ1n) is 7.68. The van der Waals surface area contributed by atoms with Crippen molar-refractivity contribution in [1.29, 1.82) is 0 Å². The fraction of sp³-hybridized carbons (Fsp3) is 0.333. The van der Waals surface area contributed by atoms with Gasteiger partial charge in [-0.25, -0.2) is 4.79 Å². The number of benzene rings is 1. The Morgan fingerprint density at radius 1 is 1.22 bits per heavy atom. The van der Waals surface area contributed by atoms with Gasteiger partial charge in [0.1, 0.15) is 11.3 Å². The molecule has 0 bridgehead atoms. The highest BCUT2D eigenvalue weighted by Gasteiger charge is 2.22. The van der Waals surface area contributed by atoms with Crippen LogP contribution in [0.4, 0.5) is 0 Å². The first-order valence-corrected chi connectivity index (χ1v) is 7.68. The largest absolute Gasteiger partial charge is 0.478 e. The molecule has 23 heavy (non-hydrogen) atoms. The molecule has 2 aromatic rings. The minimum absolute atomic E-state index is 0.0635. The predicted octanol–water partition coefficient (Wildman–Crippen LogP) is 3.25. The minimum Gasteiger partial charge on any atom is -0.478 e. The third kappa shape index (κ3) is 4.22. The highest BCUT2D eigenvalue weighted by atomic mass is 16.4. The van der Waals surface area contributed by atoms with Crippen LogP contribution in [-0.2, 0) is 12.8 Å². The number of rotatable bonds is 7. The summed E-state index contributed by atoms with van der Waals surface area (Å²) in [5.41, 5.74) is 1.29. The zero-order valence-electron chi connectivity index (χ0n) is 13.4. The van der Waals surface area contributed by atoms with Gasteiger partial charge in [-0.05, 0) is 18.4 Å². The Bertz CT molecular complexity index is 676. The lowest BCUT2D eigenvalue weighted by Crippen LogP contribution is -2.27. The standard InChI is InChI=1S/C18H21NO4/c1-3-15-14(18(21)22)12-16(23-15)17(20)19(2)11-7-10-13-8-5-4-6-9-13/h4-6,8-9,12H,3,7,10-11H2,1-2H3,(H,21,22). The Morgan fingerprint density at radius 2 is 1.91 bits per heavy atom. The lowest BCUT2D eigenvalue weighted by atomic mass is 10.1. The normalized spacial score (nSPS) is 10.5. The number of carbonyl (C=O) groups excluding carboxylic acids is 1. The maximum atomic E-state index is 12.3. The van der Waals surface area contributed by atoms with Crippen LogP contribution >= 0.6 is 0 Å². The van der Waals surface area contributed by atoms with Gasteiger partial charge >= 0.3 is 5.97 Å². The van der Waals surface area contributed by atoms with Gasteiger partial charge in [0.2, 0.25) is 0 Å². The highest BCUT2D eigenvalue weighted by molar-refractivity contribution is 5.96. The second-order valence-electron chi connectivity index (χ2n) is 5.42. The van der Waals surface area contributed by atoms with Crippen molar-refractivity contribution >= 4 is 11.9 Å². The molecule has 0 radical (unpaired) electrons. The summed E-state index contributed by atoms with van der Waals surface area (Å²) in [4.78, 5) is 25.0. The second kappa shape index (κ2) is 7.63. The van der Waals surface area contributed by atoms with Crippen molar-refractivity contribution in [3.05, 3.63) is 59.0 Å². The van der Waals surface area contributed by atoms with Crippen molar-refractivity contribution in [2.75, 3.05) is 13.6 Å². The zero-order valence-corrected chi connectivity index (χ0v) is 13.4. The number of hydrogen-bond donors (Lipinski definition) is 1. The fourth-order valence-corrected chi connectivity index (χ4v) is 2.43. The van der Waals surface area contributed by atoms with Gasteiger partial charge in [-0.15, -0.1) is 0 Å². The van der Waals surface area contributed by atoms with Gasteiger partial charge in [-0.1, -0.05) is 37.3 Å². The van der Waals surface area contributed by atoms with Gasteiger partial charge in [0.05, 0.1) is 0 Å². The van der Waals surface area contributed by atoms with Crippen LogP contribution in [0.2, 0.25) is 0 Å². The van der Waals surface area contributed by atoms with Gasteiger partial charge in [0, 0.05) is 26.1 Å². The highest BCUT2D eigenvalue weighted by Crippen LogP contribution is 2.18. The summed E-state index contributed by atoms with van der Waals surface area (Å²) in [6, 6.07) is 11.4. The van der Waals surface area contributed by atoms with Crippen LogP contribution in [0.3, 0.4) is 0 Å². The zero-order chi connectivity index (χ0) is 16.8. The predicted molar refractivity (Wildman–Crippen MR) is 86.8 cm³/mol. The molecule has 1 heterocycles. The Balaban J connectivity index is 1.95.